The summed E-state index contributed by atoms with van der Waals surface area (Å²) in [4.78, 5) is 16.9. The van der Waals surface area contributed by atoms with E-state index in [1.165, 1.54) is 51.1 Å². The molecule has 1 heterocycles. The van der Waals surface area contributed by atoms with E-state index in [4.69, 9.17) is 0 Å². The number of piperazine rings is 1. The van der Waals surface area contributed by atoms with E-state index in [1.807, 2.05) is 4.90 Å². The molecule has 0 aromatic heterocycles. The van der Waals surface area contributed by atoms with E-state index in [2.05, 4.69) is 10.2 Å². The maximum absolute atomic E-state index is 13.8. The highest BCUT2D eigenvalue weighted by Gasteiger charge is 2.51. The monoisotopic (exact) mass is 371 g/mol. The topological polar surface area (TPSA) is 35.6 Å². The van der Waals surface area contributed by atoms with Gasteiger partial charge in [0.2, 0.25) is 0 Å². The second kappa shape index (κ2) is 6.77. The Labute approximate surface area is 161 Å². The normalized spacial score (nSPS) is 35.4. The Morgan fingerprint density at radius 3 is 2.19 bits per heavy atom. The average Bonchev–Trinajstić information content (AvgIpc) is 2.63. The van der Waals surface area contributed by atoms with Crippen molar-refractivity contribution in [3.8, 4) is 0 Å². The quantitative estimate of drug-likeness (QED) is 0.865. The Morgan fingerprint density at radius 1 is 1.00 bits per heavy atom. The van der Waals surface area contributed by atoms with Crippen LogP contribution >= 0.6 is 0 Å². The molecule has 27 heavy (non-hydrogen) atoms. The predicted molar refractivity (Wildman–Crippen MR) is 104 cm³/mol. The number of hydrogen-bond acceptors (Lipinski definition) is 2. The van der Waals surface area contributed by atoms with E-state index in [1.54, 1.807) is 18.2 Å². The zero-order chi connectivity index (χ0) is 18.4. The van der Waals surface area contributed by atoms with Gasteiger partial charge in [-0.2, -0.15) is 0 Å². The van der Waals surface area contributed by atoms with Gasteiger partial charge in [-0.05, 0) is 73.8 Å². The van der Waals surface area contributed by atoms with Gasteiger partial charge in [0.1, 0.15) is 5.82 Å². The van der Waals surface area contributed by atoms with Crippen LogP contribution in [0.4, 0.5) is 14.9 Å². The number of amides is 2. The Morgan fingerprint density at radius 2 is 1.59 bits per heavy atom. The second-order valence-electron chi connectivity index (χ2n) is 9.59. The molecule has 4 aliphatic carbocycles. The number of carbonyl (C=O) groups excluding carboxylic acids is 1. The summed E-state index contributed by atoms with van der Waals surface area (Å²) in [7, 11) is 0. The number of urea groups is 1. The number of nitrogens with zero attached hydrogens (tertiary/aromatic N) is 2. The SMILES string of the molecule is O=C(Nc1ccccc1F)N1CCN(CC23CC4CC(CC(C4)C2)C3)CC1. The lowest BCUT2D eigenvalue weighted by Gasteiger charge is -2.58. The van der Waals surface area contributed by atoms with E-state index in [0.717, 1.165) is 43.9 Å². The summed E-state index contributed by atoms with van der Waals surface area (Å²) in [6, 6.07) is 6.17. The fourth-order valence-corrected chi connectivity index (χ4v) is 6.82. The van der Waals surface area contributed by atoms with Gasteiger partial charge in [-0.3, -0.25) is 4.90 Å². The predicted octanol–water partition coefficient (Wildman–Crippen LogP) is 4.19. The molecule has 5 fully saturated rings. The van der Waals surface area contributed by atoms with Crippen LogP contribution in [0.25, 0.3) is 0 Å². The van der Waals surface area contributed by atoms with Crippen molar-refractivity contribution in [2.75, 3.05) is 38.0 Å². The molecule has 0 unspecified atom stereocenters. The second-order valence-corrected chi connectivity index (χ2v) is 9.59. The fraction of sp³-hybridized carbons (Fsp3) is 0.682. The number of anilines is 1. The molecule has 4 nitrogen and oxygen atoms in total. The first kappa shape index (κ1) is 17.5. The lowest BCUT2D eigenvalue weighted by atomic mass is 9.49. The van der Waals surface area contributed by atoms with Crippen molar-refractivity contribution in [2.45, 2.75) is 38.5 Å². The molecule has 6 rings (SSSR count). The molecule has 0 atom stereocenters. The summed E-state index contributed by atoms with van der Waals surface area (Å²) in [5, 5.41) is 2.71. The van der Waals surface area contributed by atoms with Crippen molar-refractivity contribution >= 4 is 11.7 Å². The lowest BCUT2D eigenvalue weighted by Crippen LogP contribution is -2.56. The Kier molecular flexibility index (Phi) is 4.38. The smallest absolute Gasteiger partial charge is 0.322 e. The number of benzene rings is 1. The summed E-state index contributed by atoms with van der Waals surface area (Å²) in [6.45, 7) is 4.55. The average molecular weight is 372 g/mol. The zero-order valence-electron chi connectivity index (χ0n) is 16.0. The van der Waals surface area contributed by atoms with Crippen LogP contribution < -0.4 is 5.32 Å². The number of para-hydroxylation sites is 1. The van der Waals surface area contributed by atoms with Gasteiger partial charge in [-0.15, -0.1) is 0 Å². The number of halogens is 1. The molecule has 1 N–H and O–H groups in total. The van der Waals surface area contributed by atoms with Crippen molar-refractivity contribution in [3.05, 3.63) is 30.1 Å². The number of rotatable bonds is 3. The van der Waals surface area contributed by atoms with Crippen LogP contribution in [0, 0.1) is 29.0 Å². The largest absolute Gasteiger partial charge is 0.322 e. The van der Waals surface area contributed by atoms with Gasteiger partial charge >= 0.3 is 6.03 Å². The standard InChI is InChI=1S/C22H30FN3O/c23-19-3-1-2-4-20(19)24-21(27)26-7-5-25(6-8-26)15-22-12-16-9-17(13-22)11-18(10-16)14-22/h1-4,16-18H,5-15H2,(H,24,27). The molecule has 4 saturated carbocycles. The third kappa shape index (κ3) is 3.46. The van der Waals surface area contributed by atoms with Crippen molar-refractivity contribution < 1.29 is 9.18 Å². The van der Waals surface area contributed by atoms with Gasteiger partial charge in [0.15, 0.2) is 0 Å². The summed E-state index contributed by atoms with van der Waals surface area (Å²) in [6.07, 6.45) is 8.78. The number of hydrogen-bond donors (Lipinski definition) is 1. The number of carbonyl (C=O) groups is 1. The van der Waals surface area contributed by atoms with Crippen molar-refractivity contribution in [3.63, 3.8) is 0 Å². The summed E-state index contributed by atoms with van der Waals surface area (Å²) in [5.41, 5.74) is 0.824. The van der Waals surface area contributed by atoms with Crippen LogP contribution in [0.3, 0.4) is 0 Å². The molecule has 146 valence electrons. The van der Waals surface area contributed by atoms with Crippen LogP contribution in [0.15, 0.2) is 24.3 Å². The summed E-state index contributed by atoms with van der Waals surface area (Å²) in [5.74, 6) is 2.59. The first-order valence-corrected chi connectivity index (χ1v) is 10.6. The zero-order valence-corrected chi connectivity index (χ0v) is 16.0. The highest BCUT2D eigenvalue weighted by atomic mass is 19.1. The van der Waals surface area contributed by atoms with Gasteiger partial charge < -0.3 is 10.2 Å². The molecule has 1 aliphatic heterocycles. The lowest BCUT2D eigenvalue weighted by molar-refractivity contribution is -0.0723. The van der Waals surface area contributed by atoms with Crippen LogP contribution in [-0.4, -0.2) is 48.6 Å². The van der Waals surface area contributed by atoms with Gasteiger partial charge in [0.25, 0.3) is 0 Å². The molecular weight excluding hydrogens is 341 g/mol. The van der Waals surface area contributed by atoms with Crippen LogP contribution in [-0.2, 0) is 0 Å². The van der Waals surface area contributed by atoms with Crippen LogP contribution in [0.1, 0.15) is 38.5 Å². The highest BCUT2D eigenvalue weighted by molar-refractivity contribution is 5.89. The van der Waals surface area contributed by atoms with Gasteiger partial charge in [0, 0.05) is 32.7 Å². The highest BCUT2D eigenvalue weighted by Crippen LogP contribution is 2.60. The minimum absolute atomic E-state index is 0.186. The molecular formula is C22H30FN3O. The Hall–Kier alpha value is -1.62. The molecule has 0 spiro atoms. The first-order valence-electron chi connectivity index (χ1n) is 10.6. The minimum atomic E-state index is -0.383. The molecule has 1 aromatic carbocycles. The third-order valence-corrected chi connectivity index (χ3v) is 7.50. The molecule has 1 aromatic rings. The van der Waals surface area contributed by atoms with Crippen LogP contribution in [0.2, 0.25) is 0 Å². The Balaban J connectivity index is 1.15. The van der Waals surface area contributed by atoms with Crippen molar-refractivity contribution in [1.29, 1.82) is 0 Å². The summed E-state index contributed by atoms with van der Waals surface area (Å²) >= 11 is 0. The maximum atomic E-state index is 13.8. The van der Waals surface area contributed by atoms with Gasteiger partial charge in [-0.25, -0.2) is 9.18 Å². The minimum Gasteiger partial charge on any atom is -0.322 e. The fourth-order valence-electron chi connectivity index (χ4n) is 6.82. The van der Waals surface area contributed by atoms with E-state index in [0.29, 0.717) is 5.41 Å². The van der Waals surface area contributed by atoms with E-state index in [-0.39, 0.29) is 17.5 Å². The summed E-state index contributed by atoms with van der Waals surface area (Å²) < 4.78 is 13.8. The first-order chi connectivity index (χ1) is 13.1. The van der Waals surface area contributed by atoms with E-state index < -0.39 is 0 Å². The molecule has 1 saturated heterocycles. The Bertz CT molecular complexity index is 678. The van der Waals surface area contributed by atoms with Crippen molar-refractivity contribution in [1.82, 2.24) is 9.80 Å². The van der Waals surface area contributed by atoms with E-state index >= 15 is 0 Å². The molecule has 4 bridgehead atoms. The molecule has 5 heteroatoms. The molecule has 2 amide bonds. The van der Waals surface area contributed by atoms with Gasteiger partial charge in [0.05, 0.1) is 5.69 Å². The maximum Gasteiger partial charge on any atom is 0.322 e. The van der Waals surface area contributed by atoms with Crippen molar-refractivity contribution in [2.24, 2.45) is 23.2 Å². The van der Waals surface area contributed by atoms with E-state index in [9.17, 15) is 9.18 Å². The number of nitrogens with one attached hydrogen (secondary N) is 1. The van der Waals surface area contributed by atoms with Crippen LogP contribution in [0.5, 0.6) is 0 Å². The third-order valence-electron chi connectivity index (χ3n) is 7.50. The van der Waals surface area contributed by atoms with Gasteiger partial charge in [-0.1, -0.05) is 12.1 Å². The molecule has 5 aliphatic rings. The molecule has 0 radical (unpaired) electrons.